The van der Waals surface area contributed by atoms with Gasteiger partial charge in [0.1, 0.15) is 17.0 Å². The summed E-state index contributed by atoms with van der Waals surface area (Å²) in [7, 11) is 0. The van der Waals surface area contributed by atoms with Gasteiger partial charge in [0, 0.05) is 31.1 Å². The third kappa shape index (κ3) is 3.07. The van der Waals surface area contributed by atoms with Gasteiger partial charge in [-0.05, 0) is 42.9 Å². The molecule has 1 unspecified atom stereocenters. The molecule has 1 aromatic carbocycles. The number of benzene rings is 1. The van der Waals surface area contributed by atoms with E-state index in [0.717, 1.165) is 59.9 Å². The van der Waals surface area contributed by atoms with E-state index in [-0.39, 0.29) is 0 Å². The fraction of sp³-hybridized carbons (Fsp3) is 0.429. The van der Waals surface area contributed by atoms with Crippen LogP contribution in [0.4, 0.5) is 11.5 Å². The van der Waals surface area contributed by atoms with Gasteiger partial charge in [0.15, 0.2) is 0 Å². The Morgan fingerprint density at radius 1 is 1.07 bits per heavy atom. The molecule has 1 fully saturated rings. The molecule has 1 aliphatic carbocycles. The van der Waals surface area contributed by atoms with Crippen LogP contribution in [0.2, 0.25) is 5.02 Å². The predicted octanol–water partition coefficient (Wildman–Crippen LogP) is 4.80. The summed E-state index contributed by atoms with van der Waals surface area (Å²) in [5, 5.41) is 2.15. The van der Waals surface area contributed by atoms with Crippen molar-refractivity contribution in [1.82, 2.24) is 9.97 Å². The van der Waals surface area contributed by atoms with Gasteiger partial charge in [-0.25, -0.2) is 9.97 Å². The highest BCUT2D eigenvalue weighted by atomic mass is 35.5. The second-order valence-corrected chi connectivity index (χ2v) is 9.15. The first kappa shape index (κ1) is 17.3. The van der Waals surface area contributed by atoms with E-state index >= 15 is 0 Å². The zero-order valence-corrected chi connectivity index (χ0v) is 17.1. The molecule has 0 saturated carbocycles. The smallest absolute Gasteiger partial charge is 0.141 e. The maximum Gasteiger partial charge on any atom is 0.141 e. The normalized spacial score (nSPS) is 20.1. The minimum atomic E-state index is 0.779. The van der Waals surface area contributed by atoms with E-state index in [9.17, 15) is 0 Å². The third-order valence-electron chi connectivity index (χ3n) is 5.84. The molecule has 0 radical (unpaired) electrons. The number of hydrogen-bond donors (Lipinski definition) is 0. The van der Waals surface area contributed by atoms with Gasteiger partial charge >= 0.3 is 0 Å². The number of halogens is 1. The third-order valence-corrected chi connectivity index (χ3v) is 7.33. The quantitative estimate of drug-likeness (QED) is 0.620. The molecular weight excluding hydrogens is 376 g/mol. The van der Waals surface area contributed by atoms with Crippen LogP contribution in [0.25, 0.3) is 10.2 Å². The second kappa shape index (κ2) is 6.95. The Bertz CT molecular complexity index is 977. The fourth-order valence-corrected chi connectivity index (χ4v) is 5.97. The summed E-state index contributed by atoms with van der Waals surface area (Å²) < 4.78 is 0. The number of thiophene rings is 1. The lowest BCUT2D eigenvalue weighted by Gasteiger charge is -2.37. The number of para-hydroxylation sites is 1. The zero-order chi connectivity index (χ0) is 18.4. The van der Waals surface area contributed by atoms with Crippen molar-refractivity contribution < 1.29 is 0 Å². The van der Waals surface area contributed by atoms with E-state index in [1.807, 2.05) is 23.5 Å². The van der Waals surface area contributed by atoms with Crippen molar-refractivity contribution in [2.45, 2.75) is 26.2 Å². The Balaban J connectivity index is 1.43. The van der Waals surface area contributed by atoms with Crippen molar-refractivity contribution in [3.63, 3.8) is 0 Å². The van der Waals surface area contributed by atoms with Crippen LogP contribution in [0.1, 0.15) is 23.8 Å². The Morgan fingerprint density at radius 2 is 1.85 bits per heavy atom. The lowest BCUT2D eigenvalue weighted by Crippen LogP contribution is -2.47. The number of hydrogen-bond acceptors (Lipinski definition) is 5. The Labute approximate surface area is 168 Å². The summed E-state index contributed by atoms with van der Waals surface area (Å²) >= 11 is 8.27. The first-order valence-corrected chi connectivity index (χ1v) is 10.9. The van der Waals surface area contributed by atoms with E-state index in [1.165, 1.54) is 28.7 Å². The minimum absolute atomic E-state index is 0.779. The lowest BCUT2D eigenvalue weighted by molar-refractivity contribution is 0.509. The van der Waals surface area contributed by atoms with Crippen LogP contribution < -0.4 is 9.80 Å². The summed E-state index contributed by atoms with van der Waals surface area (Å²) in [6, 6.07) is 8.12. The average Bonchev–Trinajstić information content (AvgIpc) is 3.06. The summed E-state index contributed by atoms with van der Waals surface area (Å²) in [5.41, 5.74) is 2.64. The number of anilines is 2. The molecule has 1 aliphatic heterocycles. The van der Waals surface area contributed by atoms with Crippen LogP contribution in [0.5, 0.6) is 0 Å². The number of aryl methyl sites for hydroxylation is 1. The van der Waals surface area contributed by atoms with Crippen molar-refractivity contribution in [2.24, 2.45) is 5.92 Å². The molecule has 1 atom stereocenters. The Hall–Kier alpha value is -1.85. The molecule has 2 aliphatic rings. The van der Waals surface area contributed by atoms with Gasteiger partial charge in [-0.15, -0.1) is 11.3 Å². The molecule has 5 rings (SSSR count). The van der Waals surface area contributed by atoms with Crippen LogP contribution >= 0.6 is 22.9 Å². The molecule has 0 bridgehead atoms. The topological polar surface area (TPSA) is 32.3 Å². The van der Waals surface area contributed by atoms with Gasteiger partial charge in [-0.3, -0.25) is 0 Å². The van der Waals surface area contributed by atoms with E-state index in [1.54, 1.807) is 6.33 Å². The van der Waals surface area contributed by atoms with Crippen LogP contribution in [-0.2, 0) is 12.8 Å². The first-order valence-electron chi connectivity index (χ1n) is 9.70. The van der Waals surface area contributed by atoms with Crippen molar-refractivity contribution in [3.8, 4) is 0 Å². The SMILES string of the molecule is CC1CCc2c(sc3ncnc(N4CCN(c5ccccc5Cl)CC4)c23)C1. The van der Waals surface area contributed by atoms with E-state index < -0.39 is 0 Å². The Morgan fingerprint density at radius 3 is 2.67 bits per heavy atom. The highest BCUT2D eigenvalue weighted by Gasteiger charge is 2.26. The predicted molar refractivity (Wildman–Crippen MR) is 114 cm³/mol. The minimum Gasteiger partial charge on any atom is -0.367 e. The molecule has 3 heterocycles. The van der Waals surface area contributed by atoms with Gasteiger partial charge in [0.25, 0.3) is 0 Å². The maximum atomic E-state index is 6.39. The Kier molecular flexibility index (Phi) is 4.44. The standard InChI is InChI=1S/C21H23ClN4S/c1-14-6-7-15-18(12-14)27-21-19(15)20(23-13-24-21)26-10-8-25(9-11-26)17-5-3-2-4-16(17)22/h2-5,13-14H,6-12H2,1H3. The van der Waals surface area contributed by atoms with E-state index in [2.05, 4.69) is 33.8 Å². The van der Waals surface area contributed by atoms with Gasteiger partial charge in [0.05, 0.1) is 16.1 Å². The molecule has 0 N–H and O–H groups in total. The maximum absolute atomic E-state index is 6.39. The molecule has 0 amide bonds. The summed E-state index contributed by atoms with van der Waals surface area (Å²) in [4.78, 5) is 16.8. The summed E-state index contributed by atoms with van der Waals surface area (Å²) in [6.07, 6.45) is 5.36. The molecule has 4 nitrogen and oxygen atoms in total. The van der Waals surface area contributed by atoms with Crippen molar-refractivity contribution in [1.29, 1.82) is 0 Å². The molecule has 1 saturated heterocycles. The number of aromatic nitrogens is 2. The number of nitrogens with zero attached hydrogens (tertiary/aromatic N) is 4. The highest BCUT2D eigenvalue weighted by molar-refractivity contribution is 7.19. The summed E-state index contributed by atoms with van der Waals surface area (Å²) in [6.45, 7) is 6.18. The van der Waals surface area contributed by atoms with Crippen molar-refractivity contribution in [3.05, 3.63) is 46.1 Å². The fourth-order valence-electron chi connectivity index (χ4n) is 4.37. The molecule has 3 aromatic rings. The van der Waals surface area contributed by atoms with Gasteiger partial charge < -0.3 is 9.80 Å². The van der Waals surface area contributed by atoms with Crippen LogP contribution in [-0.4, -0.2) is 36.1 Å². The monoisotopic (exact) mass is 398 g/mol. The molecule has 140 valence electrons. The first-order chi connectivity index (χ1) is 13.2. The second-order valence-electron chi connectivity index (χ2n) is 7.65. The van der Waals surface area contributed by atoms with Crippen LogP contribution in [0.15, 0.2) is 30.6 Å². The van der Waals surface area contributed by atoms with Crippen molar-refractivity contribution in [2.75, 3.05) is 36.0 Å². The van der Waals surface area contributed by atoms with E-state index in [4.69, 9.17) is 16.6 Å². The average molecular weight is 399 g/mol. The van der Waals surface area contributed by atoms with Crippen molar-refractivity contribution >= 4 is 44.7 Å². The van der Waals surface area contributed by atoms with Crippen LogP contribution in [0.3, 0.4) is 0 Å². The largest absolute Gasteiger partial charge is 0.367 e. The number of rotatable bonds is 2. The molecule has 0 spiro atoms. The van der Waals surface area contributed by atoms with Gasteiger partial charge in [-0.1, -0.05) is 30.7 Å². The van der Waals surface area contributed by atoms with Gasteiger partial charge in [-0.2, -0.15) is 0 Å². The highest BCUT2D eigenvalue weighted by Crippen LogP contribution is 2.40. The molecule has 27 heavy (non-hydrogen) atoms. The number of piperazine rings is 1. The number of fused-ring (bicyclic) bond motifs is 3. The summed E-state index contributed by atoms with van der Waals surface area (Å²) in [5.74, 6) is 1.91. The zero-order valence-electron chi connectivity index (χ0n) is 15.5. The van der Waals surface area contributed by atoms with Crippen LogP contribution in [0, 0.1) is 5.92 Å². The molecule has 6 heteroatoms. The van der Waals surface area contributed by atoms with Gasteiger partial charge in [0.2, 0.25) is 0 Å². The molecular formula is C21H23ClN4S. The lowest BCUT2D eigenvalue weighted by atomic mass is 9.89. The molecule has 2 aromatic heterocycles. The van der Waals surface area contributed by atoms with E-state index in [0.29, 0.717) is 0 Å².